The lowest BCUT2D eigenvalue weighted by molar-refractivity contribution is 0.102. The first kappa shape index (κ1) is 13.1. The summed E-state index contributed by atoms with van der Waals surface area (Å²) in [6.45, 7) is 4.13. The van der Waals surface area contributed by atoms with Gasteiger partial charge in [-0.15, -0.1) is 0 Å². The fraction of sp³-hybridized carbons (Fsp3) is 0.286. The molecule has 19 heavy (non-hydrogen) atoms. The second-order valence-electron chi connectivity index (χ2n) is 4.61. The summed E-state index contributed by atoms with van der Waals surface area (Å²) in [7, 11) is 1.79. The first-order valence-electron chi connectivity index (χ1n) is 6.25. The molecule has 5 nitrogen and oxygen atoms in total. The van der Waals surface area contributed by atoms with Gasteiger partial charge in [-0.25, -0.2) is 0 Å². The van der Waals surface area contributed by atoms with Crippen LogP contribution in [0.1, 0.15) is 35.8 Å². The van der Waals surface area contributed by atoms with Gasteiger partial charge in [-0.1, -0.05) is 26.0 Å². The quantitative estimate of drug-likeness (QED) is 0.789. The fourth-order valence-electron chi connectivity index (χ4n) is 1.78. The van der Waals surface area contributed by atoms with Crippen LogP contribution in [0.4, 0.5) is 11.5 Å². The van der Waals surface area contributed by atoms with Crippen LogP contribution in [0.2, 0.25) is 0 Å². The molecule has 5 heteroatoms. The lowest BCUT2D eigenvalue weighted by Crippen LogP contribution is -2.14. The maximum atomic E-state index is 12.2. The SMILES string of the molecule is CNc1ccccc1C(=O)Nc1cc(C(C)C)[nH]n1. The summed E-state index contributed by atoms with van der Waals surface area (Å²) in [5.74, 6) is 0.717. The zero-order valence-corrected chi connectivity index (χ0v) is 11.3. The minimum absolute atomic E-state index is 0.174. The minimum Gasteiger partial charge on any atom is -0.387 e. The number of aromatic nitrogens is 2. The van der Waals surface area contributed by atoms with Crippen molar-refractivity contribution in [3.63, 3.8) is 0 Å². The molecule has 2 aromatic rings. The molecule has 0 fully saturated rings. The molecule has 0 saturated heterocycles. The predicted octanol–water partition coefficient (Wildman–Crippen LogP) is 2.83. The van der Waals surface area contributed by atoms with Crippen LogP contribution in [-0.4, -0.2) is 23.2 Å². The molecule has 0 spiro atoms. The number of hydrogen-bond donors (Lipinski definition) is 3. The molecule has 0 aliphatic carbocycles. The van der Waals surface area contributed by atoms with Crippen LogP contribution < -0.4 is 10.6 Å². The van der Waals surface area contributed by atoms with Gasteiger partial charge < -0.3 is 10.6 Å². The Labute approximate surface area is 112 Å². The van der Waals surface area contributed by atoms with Gasteiger partial charge in [-0.05, 0) is 18.1 Å². The maximum absolute atomic E-state index is 12.2. The summed E-state index contributed by atoms with van der Waals surface area (Å²) in [6, 6.07) is 9.20. The molecule has 0 aliphatic rings. The van der Waals surface area contributed by atoms with Crippen LogP contribution in [-0.2, 0) is 0 Å². The predicted molar refractivity (Wildman–Crippen MR) is 76.6 cm³/mol. The lowest BCUT2D eigenvalue weighted by atomic mass is 10.1. The van der Waals surface area contributed by atoms with Crippen LogP contribution in [0.3, 0.4) is 0 Å². The number of aromatic amines is 1. The Morgan fingerprint density at radius 2 is 2.05 bits per heavy atom. The number of rotatable bonds is 4. The van der Waals surface area contributed by atoms with Crippen molar-refractivity contribution >= 4 is 17.4 Å². The molecule has 0 aliphatic heterocycles. The highest BCUT2D eigenvalue weighted by Gasteiger charge is 2.12. The zero-order chi connectivity index (χ0) is 13.8. The van der Waals surface area contributed by atoms with Crippen LogP contribution >= 0.6 is 0 Å². The van der Waals surface area contributed by atoms with E-state index in [1.807, 2.05) is 24.3 Å². The second kappa shape index (κ2) is 5.56. The van der Waals surface area contributed by atoms with Crippen LogP contribution in [0.25, 0.3) is 0 Å². The van der Waals surface area contributed by atoms with Crippen molar-refractivity contribution in [2.75, 3.05) is 17.7 Å². The van der Waals surface area contributed by atoms with E-state index in [0.29, 0.717) is 17.3 Å². The molecule has 0 atom stereocenters. The molecular weight excluding hydrogens is 240 g/mol. The fourth-order valence-corrected chi connectivity index (χ4v) is 1.78. The van der Waals surface area contributed by atoms with E-state index in [4.69, 9.17) is 0 Å². The molecule has 0 saturated carbocycles. The van der Waals surface area contributed by atoms with E-state index in [1.165, 1.54) is 0 Å². The van der Waals surface area contributed by atoms with Crippen molar-refractivity contribution in [3.8, 4) is 0 Å². The maximum Gasteiger partial charge on any atom is 0.258 e. The molecule has 1 heterocycles. The number of nitrogens with one attached hydrogen (secondary N) is 3. The third-order valence-electron chi connectivity index (χ3n) is 2.90. The van der Waals surface area contributed by atoms with Gasteiger partial charge in [-0.3, -0.25) is 9.89 Å². The summed E-state index contributed by atoms with van der Waals surface area (Å²) in [5.41, 5.74) is 2.39. The van der Waals surface area contributed by atoms with E-state index >= 15 is 0 Å². The Bertz CT molecular complexity index is 574. The van der Waals surface area contributed by atoms with Crippen LogP contribution in [0.15, 0.2) is 30.3 Å². The van der Waals surface area contributed by atoms with E-state index in [-0.39, 0.29) is 5.91 Å². The molecular formula is C14H18N4O. The van der Waals surface area contributed by atoms with E-state index < -0.39 is 0 Å². The summed E-state index contributed by atoms with van der Waals surface area (Å²) in [4.78, 5) is 12.2. The van der Waals surface area contributed by atoms with E-state index in [1.54, 1.807) is 13.1 Å². The number of carbonyl (C=O) groups excluding carboxylic acids is 1. The third kappa shape index (κ3) is 2.93. The molecule has 1 aromatic heterocycles. The molecule has 1 aromatic carbocycles. The summed E-state index contributed by atoms with van der Waals surface area (Å²) in [5, 5.41) is 12.8. The highest BCUT2D eigenvalue weighted by atomic mass is 16.1. The number of nitrogens with zero attached hydrogens (tertiary/aromatic N) is 1. The van der Waals surface area contributed by atoms with Gasteiger partial charge in [0, 0.05) is 24.5 Å². The van der Waals surface area contributed by atoms with Crippen molar-refractivity contribution in [1.82, 2.24) is 10.2 Å². The highest BCUT2D eigenvalue weighted by molar-refractivity contribution is 6.07. The van der Waals surface area contributed by atoms with Gasteiger partial charge in [0.1, 0.15) is 0 Å². The number of benzene rings is 1. The Hall–Kier alpha value is -2.30. The average Bonchev–Trinajstić information content (AvgIpc) is 2.87. The molecule has 0 bridgehead atoms. The first-order valence-corrected chi connectivity index (χ1v) is 6.25. The van der Waals surface area contributed by atoms with Gasteiger partial charge >= 0.3 is 0 Å². The van der Waals surface area contributed by atoms with Crippen molar-refractivity contribution in [1.29, 1.82) is 0 Å². The van der Waals surface area contributed by atoms with Gasteiger partial charge in [0.25, 0.3) is 5.91 Å². The highest BCUT2D eigenvalue weighted by Crippen LogP contribution is 2.18. The van der Waals surface area contributed by atoms with Crippen LogP contribution in [0, 0.1) is 0 Å². The van der Waals surface area contributed by atoms with Gasteiger partial charge in [0.05, 0.1) is 5.56 Å². The van der Waals surface area contributed by atoms with Crippen LogP contribution in [0.5, 0.6) is 0 Å². The van der Waals surface area contributed by atoms with Gasteiger partial charge in [0.2, 0.25) is 0 Å². The molecule has 2 rings (SSSR count). The third-order valence-corrected chi connectivity index (χ3v) is 2.90. The summed E-state index contributed by atoms with van der Waals surface area (Å²) < 4.78 is 0. The Morgan fingerprint density at radius 1 is 1.32 bits per heavy atom. The number of para-hydroxylation sites is 1. The van der Waals surface area contributed by atoms with Crippen molar-refractivity contribution in [3.05, 3.63) is 41.6 Å². The largest absolute Gasteiger partial charge is 0.387 e. The standard InChI is InChI=1S/C14H18N4O/c1-9(2)12-8-13(18-17-12)16-14(19)10-6-4-5-7-11(10)15-3/h4-9,15H,1-3H3,(H2,16,17,18,19). The van der Waals surface area contributed by atoms with E-state index in [9.17, 15) is 4.79 Å². The Kier molecular flexibility index (Phi) is 3.85. The lowest BCUT2D eigenvalue weighted by Gasteiger charge is -2.07. The molecule has 0 radical (unpaired) electrons. The Morgan fingerprint density at radius 3 is 2.68 bits per heavy atom. The number of hydrogen-bond acceptors (Lipinski definition) is 3. The van der Waals surface area contributed by atoms with E-state index in [2.05, 4.69) is 34.7 Å². The Balaban J connectivity index is 2.16. The van der Waals surface area contributed by atoms with Gasteiger partial charge in [0.15, 0.2) is 5.82 Å². The number of H-pyrrole nitrogens is 1. The van der Waals surface area contributed by atoms with Crippen molar-refractivity contribution in [2.45, 2.75) is 19.8 Å². The number of anilines is 2. The van der Waals surface area contributed by atoms with Crippen molar-refractivity contribution < 1.29 is 4.79 Å². The topological polar surface area (TPSA) is 69.8 Å². The minimum atomic E-state index is -0.174. The molecule has 1 amide bonds. The molecule has 3 N–H and O–H groups in total. The second-order valence-corrected chi connectivity index (χ2v) is 4.61. The normalized spacial score (nSPS) is 10.5. The number of carbonyl (C=O) groups is 1. The monoisotopic (exact) mass is 258 g/mol. The molecule has 0 unspecified atom stereocenters. The zero-order valence-electron chi connectivity index (χ0n) is 11.3. The van der Waals surface area contributed by atoms with Crippen molar-refractivity contribution in [2.24, 2.45) is 0 Å². The van der Waals surface area contributed by atoms with E-state index in [0.717, 1.165) is 11.4 Å². The summed E-state index contributed by atoms with van der Waals surface area (Å²) >= 11 is 0. The smallest absolute Gasteiger partial charge is 0.258 e. The first-order chi connectivity index (χ1) is 9.11. The summed E-state index contributed by atoms with van der Waals surface area (Å²) in [6.07, 6.45) is 0. The number of amides is 1. The van der Waals surface area contributed by atoms with Gasteiger partial charge in [-0.2, -0.15) is 5.10 Å². The average molecular weight is 258 g/mol. The molecule has 100 valence electrons.